The van der Waals surface area contributed by atoms with Crippen molar-refractivity contribution in [2.75, 3.05) is 39.2 Å². The fraction of sp³-hybridized carbons (Fsp3) is 0.500. The Labute approximate surface area is 218 Å². The number of hydrogen-bond acceptors (Lipinski definition) is 6. The standard InChI is InChI=1S/C28H36N4O5/c1-18-15-32(26(33)14-21-7-5-6-12-29-21)19(2)17-37-24-13-22(30-27(34)20-8-9-20)10-11-23(24)28(35)31(3)16-25(18)36-4/h5-7,10-13,18-20,25H,8-9,14-17H2,1-4H3,(H,30,34)/t18-,19+,25+/m0/s1. The number of likely N-dealkylation sites (N-methyl/N-ethyl adjacent to an activating group) is 1. The van der Waals surface area contributed by atoms with Crippen LogP contribution < -0.4 is 10.1 Å². The van der Waals surface area contributed by atoms with Gasteiger partial charge in [0.1, 0.15) is 12.4 Å². The molecule has 4 rings (SSSR count). The van der Waals surface area contributed by atoms with Crippen LogP contribution in [0.2, 0.25) is 0 Å². The Morgan fingerprint density at radius 1 is 1.16 bits per heavy atom. The van der Waals surface area contributed by atoms with Crippen LogP contribution in [0, 0.1) is 11.8 Å². The number of benzene rings is 1. The number of fused-ring (bicyclic) bond motifs is 1. The molecule has 0 spiro atoms. The summed E-state index contributed by atoms with van der Waals surface area (Å²) in [5.74, 6) is 0.130. The highest BCUT2D eigenvalue weighted by atomic mass is 16.5. The highest BCUT2D eigenvalue weighted by Crippen LogP contribution is 2.32. The Bertz CT molecular complexity index is 1120. The normalized spacial score (nSPS) is 22.8. The van der Waals surface area contributed by atoms with Gasteiger partial charge in [-0.15, -0.1) is 0 Å². The van der Waals surface area contributed by atoms with Crippen LogP contribution in [0.5, 0.6) is 5.75 Å². The lowest BCUT2D eigenvalue weighted by Gasteiger charge is -2.36. The molecule has 2 aliphatic rings. The van der Waals surface area contributed by atoms with E-state index in [1.165, 1.54) is 0 Å². The molecule has 1 aliphatic carbocycles. The smallest absolute Gasteiger partial charge is 0.257 e. The Morgan fingerprint density at radius 2 is 1.95 bits per heavy atom. The van der Waals surface area contributed by atoms with Crippen LogP contribution in [0.25, 0.3) is 0 Å². The molecule has 198 valence electrons. The van der Waals surface area contributed by atoms with E-state index < -0.39 is 0 Å². The lowest BCUT2D eigenvalue weighted by molar-refractivity contribution is -0.134. The minimum atomic E-state index is -0.277. The summed E-state index contributed by atoms with van der Waals surface area (Å²) in [5, 5.41) is 2.92. The van der Waals surface area contributed by atoms with E-state index in [0.29, 0.717) is 35.8 Å². The van der Waals surface area contributed by atoms with E-state index in [1.54, 1.807) is 43.5 Å². The molecule has 2 aromatic rings. The maximum absolute atomic E-state index is 13.4. The van der Waals surface area contributed by atoms with Crippen molar-refractivity contribution in [1.82, 2.24) is 14.8 Å². The zero-order valence-corrected chi connectivity index (χ0v) is 22.0. The van der Waals surface area contributed by atoms with Crippen LogP contribution >= 0.6 is 0 Å². The summed E-state index contributed by atoms with van der Waals surface area (Å²) in [6.45, 7) is 4.94. The Balaban J connectivity index is 1.62. The number of nitrogens with one attached hydrogen (secondary N) is 1. The molecule has 0 radical (unpaired) electrons. The monoisotopic (exact) mass is 508 g/mol. The summed E-state index contributed by atoms with van der Waals surface area (Å²) in [6, 6.07) is 10.3. The van der Waals surface area contributed by atoms with E-state index in [2.05, 4.69) is 10.3 Å². The van der Waals surface area contributed by atoms with Crippen LogP contribution in [-0.4, -0.2) is 78.5 Å². The highest BCUT2D eigenvalue weighted by Gasteiger charge is 2.32. The van der Waals surface area contributed by atoms with Crippen LogP contribution in [0.15, 0.2) is 42.6 Å². The Hall–Kier alpha value is -3.46. The fourth-order valence-corrected chi connectivity index (χ4v) is 4.55. The van der Waals surface area contributed by atoms with Crippen molar-refractivity contribution in [2.45, 2.75) is 45.3 Å². The van der Waals surface area contributed by atoms with Crippen molar-refractivity contribution in [1.29, 1.82) is 0 Å². The number of hydrogen-bond donors (Lipinski definition) is 1. The summed E-state index contributed by atoms with van der Waals surface area (Å²) >= 11 is 0. The molecule has 1 aliphatic heterocycles. The number of rotatable bonds is 5. The number of amides is 3. The van der Waals surface area contributed by atoms with E-state index in [-0.39, 0.29) is 54.7 Å². The number of nitrogens with zero attached hydrogens (tertiary/aromatic N) is 3. The SMILES string of the molecule is CO[C@@H]1CN(C)C(=O)c2ccc(NC(=O)C3CC3)cc2OC[C@@H](C)N(C(=O)Cc2ccccn2)C[C@@H]1C. The number of methoxy groups -OCH3 is 1. The van der Waals surface area contributed by atoms with Gasteiger partial charge in [-0.1, -0.05) is 13.0 Å². The molecule has 1 saturated carbocycles. The van der Waals surface area contributed by atoms with E-state index in [9.17, 15) is 14.4 Å². The van der Waals surface area contributed by atoms with E-state index >= 15 is 0 Å². The Morgan fingerprint density at radius 3 is 2.62 bits per heavy atom. The zero-order valence-electron chi connectivity index (χ0n) is 22.0. The quantitative estimate of drug-likeness (QED) is 0.666. The highest BCUT2D eigenvalue weighted by molar-refractivity contribution is 5.99. The van der Waals surface area contributed by atoms with E-state index in [1.807, 2.05) is 36.9 Å². The van der Waals surface area contributed by atoms with Crippen LogP contribution in [-0.2, 0) is 20.7 Å². The summed E-state index contributed by atoms with van der Waals surface area (Å²) in [7, 11) is 3.35. The van der Waals surface area contributed by atoms with E-state index in [0.717, 1.165) is 12.8 Å². The number of pyridine rings is 1. The van der Waals surface area contributed by atoms with Gasteiger partial charge in [0.25, 0.3) is 5.91 Å². The number of carbonyl (C=O) groups is 3. The molecule has 1 fully saturated rings. The van der Waals surface area contributed by atoms with E-state index in [4.69, 9.17) is 9.47 Å². The first-order valence-corrected chi connectivity index (χ1v) is 12.8. The first-order chi connectivity index (χ1) is 17.8. The van der Waals surface area contributed by atoms with Gasteiger partial charge in [0, 0.05) is 62.7 Å². The van der Waals surface area contributed by atoms with Crippen molar-refractivity contribution in [3.05, 3.63) is 53.9 Å². The third-order valence-electron chi connectivity index (χ3n) is 7.04. The van der Waals surface area contributed by atoms with Gasteiger partial charge in [0.05, 0.1) is 24.1 Å². The number of carbonyl (C=O) groups excluding carboxylic acids is 3. The topological polar surface area (TPSA) is 101 Å². The maximum Gasteiger partial charge on any atom is 0.257 e. The van der Waals surface area contributed by atoms with Gasteiger partial charge in [-0.2, -0.15) is 0 Å². The summed E-state index contributed by atoms with van der Waals surface area (Å²) in [6.07, 6.45) is 3.39. The molecule has 9 nitrogen and oxygen atoms in total. The predicted octanol–water partition coefficient (Wildman–Crippen LogP) is 3.01. The predicted molar refractivity (Wildman–Crippen MR) is 139 cm³/mol. The molecule has 37 heavy (non-hydrogen) atoms. The molecule has 3 atom stereocenters. The molecule has 9 heteroatoms. The molecule has 0 saturated heterocycles. The number of ether oxygens (including phenoxy) is 2. The zero-order chi connectivity index (χ0) is 26.5. The van der Waals surface area contributed by atoms with Gasteiger partial charge in [-0.25, -0.2) is 0 Å². The summed E-state index contributed by atoms with van der Waals surface area (Å²) in [5.41, 5.74) is 1.68. The van der Waals surface area contributed by atoms with Crippen LogP contribution in [0.1, 0.15) is 42.7 Å². The maximum atomic E-state index is 13.4. The van der Waals surface area contributed by atoms with Gasteiger partial charge in [-0.3, -0.25) is 19.4 Å². The van der Waals surface area contributed by atoms with Gasteiger partial charge < -0.3 is 24.6 Å². The lowest BCUT2D eigenvalue weighted by Crippen LogP contribution is -2.49. The fourth-order valence-electron chi connectivity index (χ4n) is 4.55. The van der Waals surface area contributed by atoms with Gasteiger partial charge in [-0.05, 0) is 44.0 Å². The largest absolute Gasteiger partial charge is 0.491 e. The van der Waals surface area contributed by atoms with Gasteiger partial charge in [0.2, 0.25) is 11.8 Å². The van der Waals surface area contributed by atoms with Crippen molar-refractivity contribution >= 4 is 23.4 Å². The lowest BCUT2D eigenvalue weighted by atomic mass is 10.0. The molecule has 0 bridgehead atoms. The van der Waals surface area contributed by atoms with Gasteiger partial charge in [0.15, 0.2) is 0 Å². The molecular formula is C28H36N4O5. The first-order valence-electron chi connectivity index (χ1n) is 12.8. The second-order valence-corrected chi connectivity index (χ2v) is 10.1. The second kappa shape index (κ2) is 11.7. The minimum Gasteiger partial charge on any atom is -0.491 e. The third-order valence-corrected chi connectivity index (χ3v) is 7.04. The molecule has 1 aromatic heterocycles. The van der Waals surface area contributed by atoms with Crippen molar-refractivity contribution in [3.8, 4) is 5.75 Å². The first kappa shape index (κ1) is 26.6. The third kappa shape index (κ3) is 6.65. The average molecular weight is 509 g/mol. The van der Waals surface area contributed by atoms with Crippen molar-refractivity contribution in [3.63, 3.8) is 0 Å². The minimum absolute atomic E-state index is 0.0202. The number of anilines is 1. The molecule has 2 heterocycles. The molecule has 1 N–H and O–H groups in total. The summed E-state index contributed by atoms with van der Waals surface area (Å²) in [4.78, 5) is 46.8. The van der Waals surface area contributed by atoms with Crippen molar-refractivity contribution in [2.24, 2.45) is 11.8 Å². The number of aromatic nitrogens is 1. The molecular weight excluding hydrogens is 472 g/mol. The van der Waals surface area contributed by atoms with Crippen LogP contribution in [0.3, 0.4) is 0 Å². The Kier molecular flexibility index (Phi) is 8.43. The van der Waals surface area contributed by atoms with Gasteiger partial charge >= 0.3 is 0 Å². The van der Waals surface area contributed by atoms with Crippen LogP contribution in [0.4, 0.5) is 5.69 Å². The summed E-state index contributed by atoms with van der Waals surface area (Å²) < 4.78 is 11.9. The molecule has 0 unspecified atom stereocenters. The van der Waals surface area contributed by atoms with Crippen molar-refractivity contribution < 1.29 is 23.9 Å². The second-order valence-electron chi connectivity index (χ2n) is 10.1. The molecule has 3 amide bonds. The molecule has 1 aromatic carbocycles. The average Bonchev–Trinajstić information content (AvgIpc) is 3.74.